The Morgan fingerprint density at radius 2 is 1.97 bits per heavy atom. The Bertz CT molecular complexity index is 1070. The second-order valence-electron chi connectivity index (χ2n) is 6.12. The van der Waals surface area contributed by atoms with Crippen LogP contribution < -0.4 is 0 Å². The fourth-order valence-electron chi connectivity index (χ4n) is 2.50. The quantitative estimate of drug-likeness (QED) is 0.463. The summed E-state index contributed by atoms with van der Waals surface area (Å²) in [5, 5.41) is 0.173. The molecule has 3 aromatic heterocycles. The summed E-state index contributed by atoms with van der Waals surface area (Å²) in [5.74, 6) is 0.0440. The van der Waals surface area contributed by atoms with Crippen molar-refractivity contribution >= 4 is 50.5 Å². The molecule has 0 N–H and O–H groups in total. The van der Waals surface area contributed by atoms with Crippen LogP contribution in [0.3, 0.4) is 0 Å². The fourth-order valence-corrected chi connectivity index (χ4v) is 5.05. The largest absolute Gasteiger partial charge is 0.468 e. The van der Waals surface area contributed by atoms with Crippen molar-refractivity contribution in [3.05, 3.63) is 69.0 Å². The van der Waals surface area contributed by atoms with Crippen LogP contribution in [0.5, 0.6) is 0 Å². The van der Waals surface area contributed by atoms with E-state index in [0.717, 1.165) is 15.4 Å². The first-order chi connectivity index (χ1) is 13.8. The van der Waals surface area contributed by atoms with Gasteiger partial charge in [0.25, 0.3) is 0 Å². The van der Waals surface area contributed by atoms with Crippen molar-refractivity contribution in [3.8, 4) is 0 Å². The monoisotopic (exact) mass is 473 g/mol. The summed E-state index contributed by atoms with van der Waals surface area (Å²) in [7, 11) is -2.40. The standard InChI is InChI=1S/C18H17Cl2N3O4S2/c1-22(11-14-4-7-17(20)28-14)18(24)12-23(10-13-3-2-8-27-13)29(25,26)15-5-6-16(19)21-9-15/h2-9H,10-12H2,1H3. The van der Waals surface area contributed by atoms with E-state index < -0.39 is 10.0 Å². The smallest absolute Gasteiger partial charge is 0.245 e. The summed E-state index contributed by atoms with van der Waals surface area (Å²) in [6.07, 6.45) is 2.60. The molecule has 0 unspecified atom stereocenters. The fraction of sp³-hybridized carbons (Fsp3) is 0.222. The molecule has 0 saturated carbocycles. The maximum absolute atomic E-state index is 13.1. The molecular formula is C18H17Cl2N3O4S2. The summed E-state index contributed by atoms with van der Waals surface area (Å²) in [6, 6.07) is 9.60. The van der Waals surface area contributed by atoms with Crippen LogP contribution in [-0.4, -0.2) is 42.1 Å². The number of halogens is 2. The van der Waals surface area contributed by atoms with Crippen LogP contribution in [0.25, 0.3) is 0 Å². The van der Waals surface area contributed by atoms with Gasteiger partial charge in [-0.25, -0.2) is 13.4 Å². The molecule has 3 heterocycles. The van der Waals surface area contributed by atoms with Crippen LogP contribution in [0.1, 0.15) is 10.6 Å². The SMILES string of the molecule is CN(Cc1ccc(Cl)s1)C(=O)CN(Cc1ccco1)S(=O)(=O)c1ccc(Cl)nc1. The van der Waals surface area contributed by atoms with Crippen molar-refractivity contribution in [2.24, 2.45) is 0 Å². The van der Waals surface area contributed by atoms with Crippen LogP contribution in [0.2, 0.25) is 9.49 Å². The first-order valence-electron chi connectivity index (χ1n) is 8.38. The lowest BCUT2D eigenvalue weighted by atomic mass is 10.4. The number of aromatic nitrogens is 1. The van der Waals surface area contributed by atoms with Gasteiger partial charge in [-0.2, -0.15) is 4.31 Å². The highest BCUT2D eigenvalue weighted by Crippen LogP contribution is 2.23. The lowest BCUT2D eigenvalue weighted by molar-refractivity contribution is -0.130. The number of pyridine rings is 1. The highest BCUT2D eigenvalue weighted by Gasteiger charge is 2.29. The molecule has 11 heteroatoms. The first kappa shape index (κ1) is 21.8. The number of hydrogen-bond acceptors (Lipinski definition) is 6. The molecule has 1 amide bonds. The third kappa shape index (κ3) is 5.58. The summed E-state index contributed by atoms with van der Waals surface area (Å²) >= 11 is 13.0. The van der Waals surface area contributed by atoms with E-state index in [2.05, 4.69) is 4.98 Å². The van der Waals surface area contributed by atoms with Crippen LogP contribution in [0.15, 0.2) is 58.2 Å². The van der Waals surface area contributed by atoms with Crippen molar-refractivity contribution in [2.75, 3.05) is 13.6 Å². The summed E-state index contributed by atoms with van der Waals surface area (Å²) in [6.45, 7) is -0.128. The number of carbonyl (C=O) groups is 1. The molecule has 0 saturated heterocycles. The molecule has 0 aliphatic rings. The normalized spacial score (nSPS) is 11.7. The Kier molecular flexibility index (Phi) is 6.97. The summed E-state index contributed by atoms with van der Waals surface area (Å²) in [5.41, 5.74) is 0. The molecule has 154 valence electrons. The molecule has 0 radical (unpaired) electrons. The molecule has 29 heavy (non-hydrogen) atoms. The van der Waals surface area contributed by atoms with E-state index in [-0.39, 0.29) is 29.0 Å². The molecule has 0 atom stereocenters. The highest BCUT2D eigenvalue weighted by molar-refractivity contribution is 7.89. The average Bonchev–Trinajstić information content (AvgIpc) is 3.33. The predicted octanol–water partition coefficient (Wildman–Crippen LogP) is 3.89. The van der Waals surface area contributed by atoms with E-state index in [4.69, 9.17) is 27.6 Å². The van der Waals surface area contributed by atoms with Crippen molar-refractivity contribution < 1.29 is 17.6 Å². The molecule has 0 aliphatic carbocycles. The minimum atomic E-state index is -4.01. The molecule has 7 nitrogen and oxygen atoms in total. The van der Waals surface area contributed by atoms with Crippen molar-refractivity contribution in [2.45, 2.75) is 18.0 Å². The van der Waals surface area contributed by atoms with Crippen LogP contribution in [-0.2, 0) is 27.9 Å². The predicted molar refractivity (Wildman–Crippen MR) is 111 cm³/mol. The molecule has 0 bridgehead atoms. The number of carbonyl (C=O) groups excluding carboxylic acids is 1. The minimum absolute atomic E-state index is 0.0612. The van der Waals surface area contributed by atoms with E-state index in [1.807, 2.05) is 6.07 Å². The number of furan rings is 1. The lowest BCUT2D eigenvalue weighted by Crippen LogP contribution is -2.40. The Balaban J connectivity index is 1.81. The molecule has 0 aliphatic heterocycles. The van der Waals surface area contributed by atoms with Crippen molar-refractivity contribution in [1.29, 1.82) is 0 Å². The van der Waals surface area contributed by atoms with Gasteiger partial charge in [0, 0.05) is 18.1 Å². The maximum atomic E-state index is 13.1. The molecule has 3 aromatic rings. The Morgan fingerprint density at radius 1 is 1.17 bits per heavy atom. The van der Waals surface area contributed by atoms with Crippen LogP contribution in [0.4, 0.5) is 0 Å². The molecule has 0 fully saturated rings. The molecule has 0 spiro atoms. The zero-order valence-electron chi connectivity index (χ0n) is 15.3. The van der Waals surface area contributed by atoms with Gasteiger partial charge in [-0.15, -0.1) is 11.3 Å². The average molecular weight is 474 g/mol. The van der Waals surface area contributed by atoms with Gasteiger partial charge in [-0.05, 0) is 36.4 Å². The minimum Gasteiger partial charge on any atom is -0.468 e. The van der Waals surface area contributed by atoms with Gasteiger partial charge in [-0.1, -0.05) is 23.2 Å². The number of sulfonamides is 1. The zero-order chi connectivity index (χ0) is 21.0. The Morgan fingerprint density at radius 3 is 2.55 bits per heavy atom. The van der Waals surface area contributed by atoms with Gasteiger partial charge in [0.05, 0.1) is 30.2 Å². The number of rotatable bonds is 8. The van der Waals surface area contributed by atoms with Gasteiger partial charge in [0.2, 0.25) is 15.9 Å². The van der Waals surface area contributed by atoms with Crippen molar-refractivity contribution in [1.82, 2.24) is 14.2 Å². The van der Waals surface area contributed by atoms with Crippen molar-refractivity contribution in [3.63, 3.8) is 0 Å². The number of nitrogens with zero attached hydrogens (tertiary/aromatic N) is 3. The lowest BCUT2D eigenvalue weighted by Gasteiger charge is -2.24. The molecule has 3 rings (SSSR count). The van der Waals surface area contributed by atoms with Gasteiger partial charge >= 0.3 is 0 Å². The summed E-state index contributed by atoms with van der Waals surface area (Å²) < 4.78 is 33.2. The van der Waals surface area contributed by atoms with Gasteiger partial charge in [-0.3, -0.25) is 4.79 Å². The Hall–Kier alpha value is -1.91. The van der Waals surface area contributed by atoms with E-state index in [0.29, 0.717) is 16.6 Å². The summed E-state index contributed by atoms with van der Waals surface area (Å²) in [4.78, 5) is 18.9. The highest BCUT2D eigenvalue weighted by atomic mass is 35.5. The van der Waals surface area contributed by atoms with E-state index in [1.54, 1.807) is 25.2 Å². The first-order valence-corrected chi connectivity index (χ1v) is 11.4. The second-order valence-corrected chi connectivity index (χ2v) is 10.2. The number of hydrogen-bond donors (Lipinski definition) is 0. The van der Waals surface area contributed by atoms with Crippen LogP contribution in [0, 0.1) is 0 Å². The topological polar surface area (TPSA) is 83.7 Å². The van der Waals surface area contributed by atoms with E-state index in [9.17, 15) is 13.2 Å². The molecule has 0 aromatic carbocycles. The second kappa shape index (κ2) is 9.27. The van der Waals surface area contributed by atoms with E-state index in [1.165, 1.54) is 34.6 Å². The third-order valence-electron chi connectivity index (χ3n) is 4.01. The third-order valence-corrected chi connectivity index (χ3v) is 7.22. The number of thiophene rings is 1. The van der Waals surface area contributed by atoms with E-state index >= 15 is 0 Å². The van der Waals surface area contributed by atoms with Gasteiger partial charge in [0.15, 0.2) is 0 Å². The van der Waals surface area contributed by atoms with Gasteiger partial charge < -0.3 is 9.32 Å². The van der Waals surface area contributed by atoms with Gasteiger partial charge in [0.1, 0.15) is 15.8 Å². The maximum Gasteiger partial charge on any atom is 0.245 e. The Labute approximate surface area is 182 Å². The molecular weight excluding hydrogens is 457 g/mol. The number of amides is 1. The zero-order valence-corrected chi connectivity index (χ0v) is 18.4. The number of likely N-dealkylation sites (N-methyl/N-ethyl adjacent to an activating group) is 1. The van der Waals surface area contributed by atoms with Crippen LogP contribution >= 0.6 is 34.5 Å².